The smallest absolute Gasteiger partial charge is 0.132 e. The predicted molar refractivity (Wildman–Crippen MR) is 89.0 cm³/mol. The molecular weight excluding hydrogens is 321 g/mol. The Bertz CT molecular complexity index is 814. The number of piperidine rings is 1. The number of halogens is 1. The first kappa shape index (κ1) is 15.8. The van der Waals surface area contributed by atoms with Crippen molar-refractivity contribution in [2.45, 2.75) is 25.3 Å². The lowest BCUT2D eigenvalue weighted by Crippen LogP contribution is -2.33. The maximum absolute atomic E-state index is 13.1. The van der Waals surface area contributed by atoms with E-state index in [1.807, 2.05) is 6.07 Å². The van der Waals surface area contributed by atoms with Crippen molar-refractivity contribution in [2.24, 2.45) is 0 Å². The van der Waals surface area contributed by atoms with E-state index in [-0.39, 0.29) is 5.82 Å². The third kappa shape index (κ3) is 3.71. The lowest BCUT2D eigenvalue weighted by molar-refractivity contribution is 0.195. The van der Waals surface area contributed by atoms with E-state index in [1.165, 1.54) is 12.1 Å². The minimum atomic E-state index is -0.243. The second kappa shape index (κ2) is 7.06. The van der Waals surface area contributed by atoms with Gasteiger partial charge in [-0.1, -0.05) is 10.3 Å². The summed E-state index contributed by atoms with van der Waals surface area (Å²) in [5.41, 5.74) is 2.59. The Morgan fingerprint density at radius 1 is 1.12 bits per heavy atom. The Morgan fingerprint density at radius 2 is 1.92 bits per heavy atom. The molecule has 7 heteroatoms. The molecule has 3 aromatic rings. The number of likely N-dealkylation sites (tertiary alicyclic amines) is 1. The van der Waals surface area contributed by atoms with E-state index in [2.05, 4.69) is 24.8 Å². The van der Waals surface area contributed by atoms with E-state index in [4.69, 9.17) is 4.98 Å². The zero-order valence-electron chi connectivity index (χ0n) is 13.7. The SMILES string of the molecule is Fc1ccc(-c2ccnc(C3CCN(Cc4cnon4)CC3)n2)cc1. The molecule has 0 saturated carbocycles. The number of benzene rings is 1. The van der Waals surface area contributed by atoms with Crippen LogP contribution in [0, 0.1) is 5.82 Å². The van der Waals surface area contributed by atoms with E-state index in [0.717, 1.165) is 55.3 Å². The Morgan fingerprint density at radius 3 is 2.64 bits per heavy atom. The van der Waals surface area contributed by atoms with Crippen LogP contribution in [0.1, 0.15) is 30.3 Å². The summed E-state index contributed by atoms with van der Waals surface area (Å²) in [4.78, 5) is 11.5. The highest BCUT2D eigenvalue weighted by atomic mass is 19.1. The molecule has 3 heterocycles. The average Bonchev–Trinajstić information content (AvgIpc) is 3.16. The Hall–Kier alpha value is -2.67. The van der Waals surface area contributed by atoms with E-state index in [1.54, 1.807) is 24.5 Å². The molecule has 0 N–H and O–H groups in total. The van der Waals surface area contributed by atoms with Crippen molar-refractivity contribution in [1.82, 2.24) is 25.2 Å². The van der Waals surface area contributed by atoms with Gasteiger partial charge in [0, 0.05) is 24.2 Å². The molecule has 6 nitrogen and oxygen atoms in total. The quantitative estimate of drug-likeness (QED) is 0.728. The first-order chi connectivity index (χ1) is 12.3. The Balaban J connectivity index is 1.43. The fourth-order valence-corrected chi connectivity index (χ4v) is 3.18. The van der Waals surface area contributed by atoms with Crippen LogP contribution in [0.2, 0.25) is 0 Å². The van der Waals surface area contributed by atoms with Crippen LogP contribution < -0.4 is 0 Å². The largest absolute Gasteiger partial charge is 0.297 e. The van der Waals surface area contributed by atoms with E-state index in [9.17, 15) is 4.39 Å². The van der Waals surface area contributed by atoms with Crippen molar-refractivity contribution in [3.8, 4) is 11.3 Å². The molecule has 0 radical (unpaired) electrons. The van der Waals surface area contributed by atoms with Crippen molar-refractivity contribution >= 4 is 0 Å². The van der Waals surface area contributed by atoms with E-state index < -0.39 is 0 Å². The Labute approximate surface area is 144 Å². The number of hydrogen-bond donors (Lipinski definition) is 0. The van der Waals surface area contributed by atoms with Gasteiger partial charge in [-0.25, -0.2) is 19.0 Å². The number of nitrogens with zero attached hydrogens (tertiary/aromatic N) is 5. The topological polar surface area (TPSA) is 67.9 Å². The third-order valence-electron chi connectivity index (χ3n) is 4.56. The van der Waals surface area contributed by atoms with Crippen LogP contribution in [0.15, 0.2) is 47.4 Å². The van der Waals surface area contributed by atoms with Crippen LogP contribution in [-0.4, -0.2) is 38.3 Å². The highest BCUT2D eigenvalue weighted by molar-refractivity contribution is 5.58. The van der Waals surface area contributed by atoms with Crippen LogP contribution in [0.3, 0.4) is 0 Å². The van der Waals surface area contributed by atoms with Gasteiger partial charge in [0.1, 0.15) is 17.3 Å². The van der Waals surface area contributed by atoms with Gasteiger partial charge < -0.3 is 0 Å². The molecule has 0 unspecified atom stereocenters. The van der Waals surface area contributed by atoms with Crippen molar-refractivity contribution in [3.05, 3.63) is 60.1 Å². The van der Waals surface area contributed by atoms with Crippen molar-refractivity contribution in [3.63, 3.8) is 0 Å². The summed E-state index contributed by atoms with van der Waals surface area (Å²) >= 11 is 0. The average molecular weight is 339 g/mol. The normalized spacial score (nSPS) is 16.2. The molecule has 0 spiro atoms. The summed E-state index contributed by atoms with van der Waals surface area (Å²) in [6, 6.07) is 8.26. The van der Waals surface area contributed by atoms with Gasteiger partial charge in [0.2, 0.25) is 0 Å². The van der Waals surface area contributed by atoms with Gasteiger partial charge in [-0.2, -0.15) is 0 Å². The second-order valence-electron chi connectivity index (χ2n) is 6.26. The summed E-state index contributed by atoms with van der Waals surface area (Å²) in [6.07, 6.45) is 5.44. The molecule has 0 atom stereocenters. The van der Waals surface area contributed by atoms with Crippen molar-refractivity contribution in [2.75, 3.05) is 13.1 Å². The van der Waals surface area contributed by atoms with Crippen molar-refractivity contribution in [1.29, 1.82) is 0 Å². The summed E-state index contributed by atoms with van der Waals surface area (Å²) in [5, 5.41) is 7.50. The highest BCUT2D eigenvalue weighted by Crippen LogP contribution is 2.27. The first-order valence-corrected chi connectivity index (χ1v) is 8.35. The minimum absolute atomic E-state index is 0.243. The molecule has 2 aromatic heterocycles. The Kier molecular flexibility index (Phi) is 4.47. The summed E-state index contributed by atoms with van der Waals surface area (Å²) in [5.74, 6) is 0.962. The molecule has 4 rings (SSSR count). The summed E-state index contributed by atoms with van der Waals surface area (Å²) in [7, 11) is 0. The van der Waals surface area contributed by atoms with Gasteiger partial charge in [0.25, 0.3) is 0 Å². The number of hydrogen-bond acceptors (Lipinski definition) is 6. The number of aromatic nitrogens is 4. The maximum atomic E-state index is 13.1. The van der Waals surface area contributed by atoms with E-state index in [0.29, 0.717) is 5.92 Å². The van der Waals surface area contributed by atoms with Gasteiger partial charge in [-0.15, -0.1) is 0 Å². The molecule has 0 aliphatic carbocycles. The van der Waals surface area contributed by atoms with Gasteiger partial charge >= 0.3 is 0 Å². The first-order valence-electron chi connectivity index (χ1n) is 8.35. The fraction of sp³-hybridized carbons (Fsp3) is 0.333. The molecule has 0 bridgehead atoms. The zero-order chi connectivity index (χ0) is 17.1. The molecule has 128 valence electrons. The molecule has 25 heavy (non-hydrogen) atoms. The number of rotatable bonds is 4. The molecule has 1 aliphatic heterocycles. The predicted octanol–water partition coefficient (Wildman–Crippen LogP) is 3.05. The fourth-order valence-electron chi connectivity index (χ4n) is 3.18. The third-order valence-corrected chi connectivity index (χ3v) is 4.56. The zero-order valence-corrected chi connectivity index (χ0v) is 13.7. The van der Waals surface area contributed by atoms with Crippen LogP contribution in [0.25, 0.3) is 11.3 Å². The van der Waals surface area contributed by atoms with Crippen LogP contribution in [0.4, 0.5) is 4.39 Å². The molecule has 1 fully saturated rings. The lowest BCUT2D eigenvalue weighted by Gasteiger charge is -2.30. The van der Waals surface area contributed by atoms with Crippen molar-refractivity contribution < 1.29 is 9.02 Å². The van der Waals surface area contributed by atoms with Crippen LogP contribution in [0.5, 0.6) is 0 Å². The van der Waals surface area contributed by atoms with Gasteiger partial charge in [0.05, 0.1) is 11.9 Å². The highest BCUT2D eigenvalue weighted by Gasteiger charge is 2.23. The summed E-state index contributed by atoms with van der Waals surface area (Å²) in [6.45, 7) is 2.68. The molecule has 0 amide bonds. The van der Waals surface area contributed by atoms with Gasteiger partial charge in [-0.05, 0) is 56.3 Å². The standard InChI is InChI=1S/C18H18FN5O/c19-15-3-1-13(2-4-15)17-5-8-20-18(22-17)14-6-9-24(10-7-14)12-16-11-21-25-23-16/h1-5,8,11,14H,6-7,9-10,12H2. The van der Waals surface area contributed by atoms with Crippen LogP contribution >= 0.6 is 0 Å². The van der Waals surface area contributed by atoms with Crippen LogP contribution in [-0.2, 0) is 6.54 Å². The lowest BCUT2D eigenvalue weighted by atomic mass is 9.95. The molecule has 1 saturated heterocycles. The summed E-state index contributed by atoms with van der Waals surface area (Å²) < 4.78 is 17.7. The molecule has 1 aliphatic rings. The monoisotopic (exact) mass is 339 g/mol. The second-order valence-corrected chi connectivity index (χ2v) is 6.26. The van der Waals surface area contributed by atoms with E-state index >= 15 is 0 Å². The van der Waals surface area contributed by atoms with Gasteiger partial charge in [0.15, 0.2) is 0 Å². The maximum Gasteiger partial charge on any atom is 0.132 e. The van der Waals surface area contributed by atoms with Gasteiger partial charge in [-0.3, -0.25) is 4.90 Å². The molecular formula is C18H18FN5O. The minimum Gasteiger partial charge on any atom is -0.297 e. The molecule has 1 aromatic carbocycles.